The van der Waals surface area contributed by atoms with Gasteiger partial charge in [-0.15, -0.1) is 0 Å². The van der Waals surface area contributed by atoms with Crippen molar-refractivity contribution in [2.75, 3.05) is 13.7 Å². The monoisotopic (exact) mass is 314 g/mol. The summed E-state index contributed by atoms with van der Waals surface area (Å²) in [5, 5.41) is 12.4. The lowest BCUT2D eigenvalue weighted by atomic mass is 10.1. The first-order valence-corrected chi connectivity index (χ1v) is 7.67. The van der Waals surface area contributed by atoms with Crippen molar-refractivity contribution < 1.29 is 14.6 Å². The highest BCUT2D eigenvalue weighted by atomic mass is 16.5. The molecule has 2 N–H and O–H groups in total. The number of carbonyl (C=O) groups is 1. The van der Waals surface area contributed by atoms with Gasteiger partial charge in [0.25, 0.3) is 0 Å². The fraction of sp³-hybridized carbons (Fsp3) is 0.333. The van der Waals surface area contributed by atoms with Crippen LogP contribution in [-0.2, 0) is 11.2 Å². The van der Waals surface area contributed by atoms with Gasteiger partial charge in [-0.05, 0) is 42.7 Å². The van der Waals surface area contributed by atoms with Crippen molar-refractivity contribution >= 4 is 5.91 Å². The molecule has 0 aliphatic heterocycles. The fourth-order valence-corrected chi connectivity index (χ4v) is 2.34. The Morgan fingerprint density at radius 1 is 1.30 bits per heavy atom. The zero-order valence-electron chi connectivity index (χ0n) is 13.2. The first-order valence-electron chi connectivity index (χ1n) is 7.67. The number of carbonyl (C=O) groups excluding carboxylic acids is 1. The van der Waals surface area contributed by atoms with Crippen LogP contribution in [-0.4, -0.2) is 29.7 Å². The van der Waals surface area contributed by atoms with E-state index >= 15 is 0 Å². The van der Waals surface area contributed by atoms with Gasteiger partial charge in [-0.3, -0.25) is 9.78 Å². The summed E-state index contributed by atoms with van der Waals surface area (Å²) < 4.78 is 5.17. The molecule has 1 aromatic carbocycles. The zero-order valence-corrected chi connectivity index (χ0v) is 13.2. The molecule has 5 heteroatoms. The van der Waals surface area contributed by atoms with Crippen LogP contribution < -0.4 is 10.1 Å². The lowest BCUT2D eigenvalue weighted by Crippen LogP contribution is -2.30. The summed E-state index contributed by atoms with van der Waals surface area (Å²) in [6, 6.07) is 12.7. The molecule has 5 nitrogen and oxygen atoms in total. The molecule has 1 atom stereocenters. The van der Waals surface area contributed by atoms with Crippen LogP contribution in [0.4, 0.5) is 0 Å². The second kappa shape index (κ2) is 8.90. The number of methoxy groups -OCH3 is 1. The van der Waals surface area contributed by atoms with Crippen molar-refractivity contribution in [1.29, 1.82) is 0 Å². The van der Waals surface area contributed by atoms with Gasteiger partial charge in [0, 0.05) is 18.3 Å². The molecule has 0 saturated heterocycles. The van der Waals surface area contributed by atoms with Gasteiger partial charge in [-0.1, -0.05) is 18.2 Å². The Morgan fingerprint density at radius 3 is 2.87 bits per heavy atom. The molecule has 122 valence electrons. The maximum Gasteiger partial charge on any atom is 0.220 e. The molecule has 0 saturated carbocycles. The Bertz CT molecular complexity index is 617. The van der Waals surface area contributed by atoms with E-state index in [-0.39, 0.29) is 12.5 Å². The normalized spacial score (nSPS) is 11.7. The lowest BCUT2D eigenvalue weighted by molar-refractivity contribution is -0.122. The number of aliphatic hydroxyl groups excluding tert-OH is 1. The molecule has 1 amide bonds. The molecule has 0 aliphatic carbocycles. The number of hydrogen-bond donors (Lipinski definition) is 2. The van der Waals surface area contributed by atoms with Crippen LogP contribution in [0.1, 0.15) is 30.1 Å². The van der Waals surface area contributed by atoms with E-state index in [4.69, 9.17) is 4.74 Å². The maximum absolute atomic E-state index is 12.1. The molecule has 2 aromatic rings. The highest BCUT2D eigenvalue weighted by molar-refractivity contribution is 5.76. The van der Waals surface area contributed by atoms with E-state index in [2.05, 4.69) is 10.3 Å². The highest BCUT2D eigenvalue weighted by Crippen LogP contribution is 2.19. The van der Waals surface area contributed by atoms with Crippen LogP contribution in [0.15, 0.2) is 48.7 Å². The molecule has 2 rings (SSSR count). The Balaban J connectivity index is 1.84. The third kappa shape index (κ3) is 5.38. The van der Waals surface area contributed by atoms with E-state index in [9.17, 15) is 9.90 Å². The third-order valence-corrected chi connectivity index (χ3v) is 3.58. The first-order chi connectivity index (χ1) is 11.2. The molecule has 23 heavy (non-hydrogen) atoms. The first kappa shape index (κ1) is 17.0. The van der Waals surface area contributed by atoms with Crippen molar-refractivity contribution in [3.63, 3.8) is 0 Å². The number of rotatable bonds is 8. The highest BCUT2D eigenvalue weighted by Gasteiger charge is 2.14. The molecular formula is C18H22N2O3. The Hall–Kier alpha value is -2.40. The van der Waals surface area contributed by atoms with Gasteiger partial charge in [0.1, 0.15) is 5.75 Å². The largest absolute Gasteiger partial charge is 0.497 e. The number of aryl methyl sites for hydroxylation is 1. The van der Waals surface area contributed by atoms with Gasteiger partial charge in [-0.25, -0.2) is 0 Å². The number of amides is 1. The molecule has 1 aromatic heterocycles. The Morgan fingerprint density at radius 2 is 2.17 bits per heavy atom. The van der Waals surface area contributed by atoms with Crippen molar-refractivity contribution in [3.8, 4) is 5.75 Å². The summed E-state index contributed by atoms with van der Waals surface area (Å²) in [6.07, 6.45) is 3.63. The van der Waals surface area contributed by atoms with Gasteiger partial charge >= 0.3 is 0 Å². The Labute approximate surface area is 136 Å². The minimum Gasteiger partial charge on any atom is -0.497 e. The summed E-state index contributed by atoms with van der Waals surface area (Å²) in [7, 11) is 1.59. The number of aromatic nitrogens is 1. The summed E-state index contributed by atoms with van der Waals surface area (Å²) in [5.41, 5.74) is 1.80. The van der Waals surface area contributed by atoms with Crippen LogP contribution in [0.5, 0.6) is 5.75 Å². The summed E-state index contributed by atoms with van der Waals surface area (Å²) >= 11 is 0. The standard InChI is InChI=1S/C18H22N2O3/c1-23-16-9-4-6-14(12-16)17(13-21)20-18(22)10-5-8-15-7-2-3-11-19-15/h2-4,6-7,9,11-12,17,21H,5,8,10,13H2,1H3,(H,20,22)/t17-/m1/s1. The van der Waals surface area contributed by atoms with Gasteiger partial charge < -0.3 is 15.2 Å². The number of aliphatic hydroxyl groups is 1. The van der Waals surface area contributed by atoms with Crippen LogP contribution in [0.25, 0.3) is 0 Å². The van der Waals surface area contributed by atoms with E-state index < -0.39 is 6.04 Å². The maximum atomic E-state index is 12.1. The van der Waals surface area contributed by atoms with Crippen LogP contribution in [0, 0.1) is 0 Å². The number of hydrogen-bond acceptors (Lipinski definition) is 4. The van der Waals surface area contributed by atoms with Gasteiger partial charge in [-0.2, -0.15) is 0 Å². The zero-order chi connectivity index (χ0) is 16.5. The van der Waals surface area contributed by atoms with E-state index in [0.717, 1.165) is 24.1 Å². The van der Waals surface area contributed by atoms with Gasteiger partial charge in [0.2, 0.25) is 5.91 Å². The number of nitrogens with zero attached hydrogens (tertiary/aromatic N) is 1. The summed E-state index contributed by atoms with van der Waals surface area (Å²) in [6.45, 7) is -0.154. The van der Waals surface area contributed by atoms with Crippen LogP contribution >= 0.6 is 0 Å². The van der Waals surface area contributed by atoms with Crippen LogP contribution in [0.3, 0.4) is 0 Å². The molecule has 0 radical (unpaired) electrons. The number of ether oxygens (including phenoxy) is 1. The lowest BCUT2D eigenvalue weighted by Gasteiger charge is -2.17. The molecule has 0 unspecified atom stereocenters. The topological polar surface area (TPSA) is 71.5 Å². The van der Waals surface area contributed by atoms with Crippen LogP contribution in [0.2, 0.25) is 0 Å². The molecule has 0 fully saturated rings. The van der Waals surface area contributed by atoms with Gasteiger partial charge in [0.15, 0.2) is 0 Å². The van der Waals surface area contributed by atoms with Crippen molar-refractivity contribution in [2.24, 2.45) is 0 Å². The summed E-state index contributed by atoms with van der Waals surface area (Å²) in [4.78, 5) is 16.3. The Kier molecular flexibility index (Phi) is 6.56. The van der Waals surface area contributed by atoms with E-state index in [1.165, 1.54) is 0 Å². The molecule has 1 heterocycles. The second-order valence-corrected chi connectivity index (χ2v) is 5.25. The number of pyridine rings is 1. The molecule has 0 bridgehead atoms. The molecule has 0 spiro atoms. The second-order valence-electron chi connectivity index (χ2n) is 5.25. The minimum atomic E-state index is -0.424. The average Bonchev–Trinajstić information content (AvgIpc) is 2.60. The smallest absolute Gasteiger partial charge is 0.220 e. The van der Waals surface area contributed by atoms with E-state index in [1.54, 1.807) is 13.3 Å². The molecule has 0 aliphatic rings. The minimum absolute atomic E-state index is 0.0807. The van der Waals surface area contributed by atoms with E-state index in [1.807, 2.05) is 42.5 Å². The van der Waals surface area contributed by atoms with Crippen molar-refractivity contribution in [3.05, 3.63) is 59.9 Å². The number of nitrogens with one attached hydrogen (secondary N) is 1. The predicted octanol–water partition coefficient (Wildman–Crippen LogP) is 2.26. The molecular weight excluding hydrogens is 292 g/mol. The van der Waals surface area contributed by atoms with Crippen molar-refractivity contribution in [2.45, 2.75) is 25.3 Å². The quantitative estimate of drug-likeness (QED) is 0.784. The fourth-order valence-electron chi connectivity index (χ4n) is 2.34. The summed E-state index contributed by atoms with van der Waals surface area (Å²) in [5.74, 6) is 0.619. The SMILES string of the molecule is COc1cccc([C@@H](CO)NC(=O)CCCc2ccccn2)c1. The predicted molar refractivity (Wildman–Crippen MR) is 88.1 cm³/mol. The third-order valence-electron chi connectivity index (χ3n) is 3.58. The van der Waals surface area contributed by atoms with Gasteiger partial charge in [0.05, 0.1) is 19.8 Å². The number of benzene rings is 1. The average molecular weight is 314 g/mol. The van der Waals surface area contributed by atoms with Crippen molar-refractivity contribution in [1.82, 2.24) is 10.3 Å². The van der Waals surface area contributed by atoms with E-state index in [0.29, 0.717) is 12.2 Å².